The Bertz CT molecular complexity index is 142. The molecule has 0 heterocycles. The summed E-state index contributed by atoms with van der Waals surface area (Å²) in [5.74, 6) is 0.670. The quantitative estimate of drug-likeness (QED) is 0.554. The van der Waals surface area contributed by atoms with Gasteiger partial charge in [-0.15, -0.1) is 0 Å². The van der Waals surface area contributed by atoms with Crippen LogP contribution in [0, 0.1) is 5.92 Å². The Hall–Kier alpha value is -0.120. The molecule has 2 unspecified atom stereocenters. The van der Waals surface area contributed by atoms with E-state index in [1.165, 1.54) is 12.8 Å². The zero-order chi connectivity index (χ0) is 12.2. The lowest BCUT2D eigenvalue weighted by Crippen LogP contribution is -2.36. The van der Waals surface area contributed by atoms with E-state index >= 15 is 0 Å². The van der Waals surface area contributed by atoms with Crippen LogP contribution in [-0.4, -0.2) is 40.0 Å². The van der Waals surface area contributed by atoms with Crippen LogP contribution in [0.2, 0.25) is 0 Å². The summed E-state index contributed by atoms with van der Waals surface area (Å²) in [4.78, 5) is 0. The minimum Gasteiger partial charge on any atom is -0.385 e. The monoisotopic (exact) mass is 231 g/mol. The Labute approximate surface area is 101 Å². The van der Waals surface area contributed by atoms with Gasteiger partial charge in [-0.05, 0) is 38.1 Å². The summed E-state index contributed by atoms with van der Waals surface area (Å²) >= 11 is 0. The van der Waals surface area contributed by atoms with Gasteiger partial charge in [-0.1, -0.05) is 13.8 Å². The van der Waals surface area contributed by atoms with Crippen LogP contribution in [0.15, 0.2) is 0 Å². The van der Waals surface area contributed by atoms with Crippen molar-refractivity contribution in [2.75, 3.05) is 34.0 Å². The third-order valence-corrected chi connectivity index (χ3v) is 2.98. The number of ether oxygens (including phenoxy) is 2. The third-order valence-electron chi connectivity index (χ3n) is 2.98. The Kier molecular flexibility index (Phi) is 11.3. The molecular formula is C13H29NO2. The lowest BCUT2D eigenvalue weighted by atomic mass is 9.94. The lowest BCUT2D eigenvalue weighted by molar-refractivity contribution is 0.159. The second-order valence-corrected chi connectivity index (χ2v) is 4.45. The maximum absolute atomic E-state index is 5.14. The van der Waals surface area contributed by atoms with Gasteiger partial charge in [-0.2, -0.15) is 0 Å². The summed E-state index contributed by atoms with van der Waals surface area (Å²) in [6, 6.07) is 0.602. The number of methoxy groups -OCH3 is 2. The second kappa shape index (κ2) is 11.4. The normalized spacial score (nSPS) is 15.0. The Balaban J connectivity index is 3.86. The van der Waals surface area contributed by atoms with Crippen molar-refractivity contribution < 1.29 is 9.47 Å². The second-order valence-electron chi connectivity index (χ2n) is 4.45. The minimum absolute atomic E-state index is 0.602. The molecule has 0 rings (SSSR count). The maximum Gasteiger partial charge on any atom is 0.0465 e. The largest absolute Gasteiger partial charge is 0.385 e. The standard InChI is InChI=1S/C13H29NO2/c1-5-9-14-13(7-6-10-15-3)12(2)8-11-16-4/h12-14H,5-11H2,1-4H3. The summed E-state index contributed by atoms with van der Waals surface area (Å²) in [7, 11) is 3.54. The molecule has 0 saturated carbocycles. The fraction of sp³-hybridized carbons (Fsp3) is 1.00. The first-order valence-corrected chi connectivity index (χ1v) is 6.47. The molecule has 3 nitrogen and oxygen atoms in total. The maximum atomic E-state index is 5.14. The van der Waals surface area contributed by atoms with Crippen molar-refractivity contribution in [1.82, 2.24) is 5.32 Å². The molecule has 0 aliphatic heterocycles. The molecule has 0 aromatic rings. The summed E-state index contributed by atoms with van der Waals surface area (Å²) in [6.07, 6.45) is 4.65. The number of nitrogens with one attached hydrogen (secondary N) is 1. The summed E-state index contributed by atoms with van der Waals surface area (Å²) in [5.41, 5.74) is 0. The molecule has 0 radical (unpaired) electrons. The van der Waals surface area contributed by atoms with E-state index in [4.69, 9.17) is 9.47 Å². The van der Waals surface area contributed by atoms with Crippen LogP contribution in [0.3, 0.4) is 0 Å². The lowest BCUT2D eigenvalue weighted by Gasteiger charge is -2.25. The van der Waals surface area contributed by atoms with E-state index < -0.39 is 0 Å². The van der Waals surface area contributed by atoms with Crippen LogP contribution in [0.4, 0.5) is 0 Å². The minimum atomic E-state index is 0.602. The highest BCUT2D eigenvalue weighted by Gasteiger charge is 2.15. The van der Waals surface area contributed by atoms with E-state index in [1.807, 2.05) is 0 Å². The van der Waals surface area contributed by atoms with Gasteiger partial charge in [0.1, 0.15) is 0 Å². The molecule has 0 spiro atoms. The highest BCUT2D eigenvalue weighted by Crippen LogP contribution is 2.13. The molecule has 2 atom stereocenters. The Morgan fingerprint density at radius 2 is 1.75 bits per heavy atom. The van der Waals surface area contributed by atoms with Crippen molar-refractivity contribution in [2.45, 2.75) is 45.6 Å². The zero-order valence-electron chi connectivity index (χ0n) is 11.4. The van der Waals surface area contributed by atoms with Gasteiger partial charge in [0.2, 0.25) is 0 Å². The highest BCUT2D eigenvalue weighted by molar-refractivity contribution is 4.73. The van der Waals surface area contributed by atoms with Crippen molar-refractivity contribution >= 4 is 0 Å². The molecule has 98 valence electrons. The van der Waals surface area contributed by atoms with Gasteiger partial charge in [0, 0.05) is 33.5 Å². The smallest absolute Gasteiger partial charge is 0.0465 e. The van der Waals surface area contributed by atoms with Crippen molar-refractivity contribution in [3.8, 4) is 0 Å². The van der Waals surface area contributed by atoms with E-state index in [1.54, 1.807) is 14.2 Å². The molecule has 0 aliphatic rings. The van der Waals surface area contributed by atoms with Crippen molar-refractivity contribution in [3.05, 3.63) is 0 Å². The molecule has 16 heavy (non-hydrogen) atoms. The van der Waals surface area contributed by atoms with E-state index in [9.17, 15) is 0 Å². The topological polar surface area (TPSA) is 30.5 Å². The van der Waals surface area contributed by atoms with Crippen LogP contribution in [-0.2, 0) is 9.47 Å². The molecule has 3 heteroatoms. The van der Waals surface area contributed by atoms with Crippen LogP contribution >= 0.6 is 0 Å². The van der Waals surface area contributed by atoms with E-state index in [-0.39, 0.29) is 0 Å². The van der Waals surface area contributed by atoms with E-state index in [0.29, 0.717) is 12.0 Å². The SMILES string of the molecule is CCCNC(CCCOC)C(C)CCOC. The predicted octanol–water partition coefficient (Wildman–Crippen LogP) is 2.45. The average Bonchev–Trinajstić information content (AvgIpc) is 2.30. The summed E-state index contributed by atoms with van der Waals surface area (Å²) in [5, 5.41) is 3.63. The van der Waals surface area contributed by atoms with Gasteiger partial charge in [0.05, 0.1) is 0 Å². The fourth-order valence-electron chi connectivity index (χ4n) is 1.87. The zero-order valence-corrected chi connectivity index (χ0v) is 11.4. The molecule has 0 aromatic carbocycles. The number of hydrogen-bond donors (Lipinski definition) is 1. The van der Waals surface area contributed by atoms with E-state index in [0.717, 1.165) is 32.6 Å². The number of hydrogen-bond acceptors (Lipinski definition) is 3. The van der Waals surface area contributed by atoms with Crippen molar-refractivity contribution in [2.24, 2.45) is 5.92 Å². The van der Waals surface area contributed by atoms with Crippen LogP contribution in [0.5, 0.6) is 0 Å². The predicted molar refractivity (Wildman–Crippen MR) is 68.8 cm³/mol. The molecule has 0 aliphatic carbocycles. The first kappa shape index (κ1) is 15.9. The van der Waals surface area contributed by atoms with Crippen molar-refractivity contribution in [1.29, 1.82) is 0 Å². The molecule has 0 amide bonds. The van der Waals surface area contributed by atoms with Gasteiger partial charge in [0.25, 0.3) is 0 Å². The molecule has 0 fully saturated rings. The summed E-state index contributed by atoms with van der Waals surface area (Å²) < 4.78 is 10.2. The Morgan fingerprint density at radius 1 is 1.06 bits per heavy atom. The van der Waals surface area contributed by atoms with Crippen molar-refractivity contribution in [3.63, 3.8) is 0 Å². The molecule has 0 bridgehead atoms. The third kappa shape index (κ3) is 8.08. The molecular weight excluding hydrogens is 202 g/mol. The van der Waals surface area contributed by atoms with Gasteiger partial charge in [-0.3, -0.25) is 0 Å². The first-order chi connectivity index (χ1) is 7.76. The van der Waals surface area contributed by atoms with Crippen LogP contribution in [0.1, 0.15) is 39.5 Å². The van der Waals surface area contributed by atoms with Crippen LogP contribution < -0.4 is 5.32 Å². The Morgan fingerprint density at radius 3 is 2.31 bits per heavy atom. The summed E-state index contributed by atoms with van der Waals surface area (Å²) in [6.45, 7) is 7.34. The van der Waals surface area contributed by atoms with Gasteiger partial charge in [0.15, 0.2) is 0 Å². The van der Waals surface area contributed by atoms with Crippen LogP contribution in [0.25, 0.3) is 0 Å². The van der Waals surface area contributed by atoms with Gasteiger partial charge < -0.3 is 14.8 Å². The fourth-order valence-corrected chi connectivity index (χ4v) is 1.87. The van der Waals surface area contributed by atoms with E-state index in [2.05, 4.69) is 19.2 Å². The molecule has 0 aromatic heterocycles. The molecule has 0 saturated heterocycles. The highest BCUT2D eigenvalue weighted by atomic mass is 16.5. The van der Waals surface area contributed by atoms with Gasteiger partial charge >= 0.3 is 0 Å². The first-order valence-electron chi connectivity index (χ1n) is 6.47. The number of rotatable bonds is 11. The average molecular weight is 231 g/mol. The van der Waals surface area contributed by atoms with Gasteiger partial charge in [-0.25, -0.2) is 0 Å². The molecule has 1 N–H and O–H groups in total.